The monoisotopic (exact) mass is 608 g/mol. The van der Waals surface area contributed by atoms with Crippen LogP contribution < -0.4 is 15.0 Å². The van der Waals surface area contributed by atoms with Gasteiger partial charge in [0.1, 0.15) is 12.4 Å². The molecule has 3 aromatic carbocycles. The largest absolute Gasteiger partial charge is 0.493 e. The highest BCUT2D eigenvalue weighted by Gasteiger charge is 2.16. The Balaban J connectivity index is 1.80. The molecule has 0 fully saturated rings. The minimum Gasteiger partial charge on any atom is -0.493 e. The summed E-state index contributed by atoms with van der Waals surface area (Å²) in [7, 11) is 1.55. The molecule has 0 aliphatic heterocycles. The summed E-state index contributed by atoms with van der Waals surface area (Å²) in [6.07, 6.45) is 1.55. The fourth-order valence-corrected chi connectivity index (χ4v) is 4.48. The lowest BCUT2D eigenvalue weighted by molar-refractivity contribution is 0.283. The zero-order chi connectivity index (χ0) is 25.8. The maximum atomic E-state index is 13.4. The first kappa shape index (κ1) is 25.6. The number of aromatic nitrogens is 2. The van der Waals surface area contributed by atoms with E-state index in [0.29, 0.717) is 39.4 Å². The second-order valence-corrected chi connectivity index (χ2v) is 10.1. The number of nitriles is 1. The number of nitrogens with zero attached hydrogens (tertiary/aromatic N) is 4. The first-order chi connectivity index (χ1) is 17.3. The smallest absolute Gasteiger partial charge is 0.282 e. The van der Waals surface area contributed by atoms with E-state index in [0.717, 1.165) is 14.5 Å². The van der Waals surface area contributed by atoms with Gasteiger partial charge in [0.25, 0.3) is 5.56 Å². The Kier molecular flexibility index (Phi) is 7.87. The van der Waals surface area contributed by atoms with Gasteiger partial charge in [-0.1, -0.05) is 63.9 Å². The summed E-state index contributed by atoms with van der Waals surface area (Å²) in [4.78, 5) is 18.1. The third-order valence-corrected chi connectivity index (χ3v) is 6.39. The average molecular weight is 610 g/mol. The van der Waals surface area contributed by atoms with Gasteiger partial charge in [0.2, 0.25) is 0 Å². The van der Waals surface area contributed by atoms with Crippen LogP contribution in [0.1, 0.15) is 42.3 Å². The molecule has 0 spiro atoms. The maximum absolute atomic E-state index is 13.4. The number of benzene rings is 3. The van der Waals surface area contributed by atoms with E-state index in [2.05, 4.69) is 43.0 Å². The molecule has 9 heteroatoms. The van der Waals surface area contributed by atoms with Gasteiger partial charge in [-0.25, -0.2) is 4.98 Å². The first-order valence-corrected chi connectivity index (χ1v) is 12.7. The molecule has 0 radical (unpaired) electrons. The van der Waals surface area contributed by atoms with Gasteiger partial charge in [0.05, 0.1) is 35.9 Å². The van der Waals surface area contributed by atoms with E-state index in [1.165, 1.54) is 4.68 Å². The van der Waals surface area contributed by atoms with Gasteiger partial charge in [-0.05, 0) is 36.4 Å². The predicted molar refractivity (Wildman–Crippen MR) is 147 cm³/mol. The van der Waals surface area contributed by atoms with Crippen LogP contribution in [0, 0.1) is 11.3 Å². The van der Waals surface area contributed by atoms with Crippen LogP contribution in [0.25, 0.3) is 10.9 Å². The third kappa shape index (κ3) is 5.35. The van der Waals surface area contributed by atoms with Crippen molar-refractivity contribution in [2.75, 3.05) is 7.11 Å². The van der Waals surface area contributed by atoms with Crippen LogP contribution >= 0.6 is 31.9 Å². The van der Waals surface area contributed by atoms with Crippen molar-refractivity contribution >= 4 is 49.0 Å². The summed E-state index contributed by atoms with van der Waals surface area (Å²) in [6.45, 7) is 4.08. The van der Waals surface area contributed by atoms with E-state index in [-0.39, 0.29) is 18.1 Å². The molecule has 0 bridgehead atoms. The van der Waals surface area contributed by atoms with Crippen molar-refractivity contribution in [1.29, 1.82) is 5.26 Å². The second kappa shape index (κ2) is 11.1. The molecule has 0 unspecified atom stereocenters. The van der Waals surface area contributed by atoms with Gasteiger partial charge in [0, 0.05) is 26.0 Å². The molecule has 0 amide bonds. The second-order valence-electron chi connectivity index (χ2n) is 8.23. The molecule has 0 aliphatic rings. The van der Waals surface area contributed by atoms with Gasteiger partial charge in [0.15, 0.2) is 11.5 Å². The van der Waals surface area contributed by atoms with Gasteiger partial charge in [-0.15, -0.1) is 0 Å². The molecule has 7 nitrogen and oxygen atoms in total. The standard InChI is InChI=1S/C27H22Br2N4O3/c1-16(2)26-32-23-9-8-20(28)11-22(23)27(34)33(26)31-14-19-10-21(29)12-24(35-3)25(19)36-15-18-7-5-4-6-17(18)13-30/h4-12,14,16H,15H2,1-3H3. The van der Waals surface area contributed by atoms with Crippen molar-refractivity contribution in [1.82, 2.24) is 9.66 Å². The molecule has 36 heavy (non-hydrogen) atoms. The first-order valence-electron chi connectivity index (χ1n) is 11.1. The number of rotatable bonds is 7. The van der Waals surface area contributed by atoms with Crippen molar-refractivity contribution in [2.24, 2.45) is 5.10 Å². The van der Waals surface area contributed by atoms with Crippen molar-refractivity contribution < 1.29 is 9.47 Å². The van der Waals surface area contributed by atoms with Gasteiger partial charge < -0.3 is 9.47 Å². The van der Waals surface area contributed by atoms with Crippen LogP contribution in [0.2, 0.25) is 0 Å². The SMILES string of the molecule is COc1cc(Br)cc(C=Nn2c(C(C)C)nc3ccc(Br)cc3c2=O)c1OCc1ccccc1C#N. The molecule has 0 atom stereocenters. The van der Waals surface area contributed by atoms with Crippen LogP contribution in [0.5, 0.6) is 11.5 Å². The Morgan fingerprint density at radius 1 is 1.14 bits per heavy atom. The van der Waals surface area contributed by atoms with E-state index in [1.54, 1.807) is 37.6 Å². The van der Waals surface area contributed by atoms with Crippen molar-refractivity contribution in [3.05, 3.63) is 96.4 Å². The lowest BCUT2D eigenvalue weighted by Crippen LogP contribution is -2.23. The highest BCUT2D eigenvalue weighted by atomic mass is 79.9. The summed E-state index contributed by atoms with van der Waals surface area (Å²) < 4.78 is 14.5. The van der Waals surface area contributed by atoms with Gasteiger partial charge in [-0.2, -0.15) is 15.0 Å². The summed E-state index contributed by atoms with van der Waals surface area (Å²) in [6, 6.07) is 18.4. The Bertz CT molecular complexity index is 1570. The summed E-state index contributed by atoms with van der Waals surface area (Å²) >= 11 is 6.92. The molecule has 0 saturated heterocycles. The molecule has 4 aromatic rings. The topological polar surface area (TPSA) is 89.5 Å². The summed E-state index contributed by atoms with van der Waals surface area (Å²) in [5.41, 5.74) is 2.21. The predicted octanol–water partition coefficient (Wildman–Crippen LogP) is 6.39. The summed E-state index contributed by atoms with van der Waals surface area (Å²) in [5.74, 6) is 1.42. The molecular formula is C27H22Br2N4O3. The molecule has 0 aliphatic carbocycles. The Labute approximate surface area is 225 Å². The van der Waals surface area contributed by atoms with E-state index < -0.39 is 0 Å². The zero-order valence-electron chi connectivity index (χ0n) is 19.8. The lowest BCUT2D eigenvalue weighted by Gasteiger charge is -2.15. The lowest BCUT2D eigenvalue weighted by atomic mass is 10.1. The third-order valence-electron chi connectivity index (χ3n) is 5.44. The van der Waals surface area contributed by atoms with E-state index in [1.807, 2.05) is 44.2 Å². The van der Waals surface area contributed by atoms with Gasteiger partial charge >= 0.3 is 0 Å². The van der Waals surface area contributed by atoms with Crippen LogP contribution in [0.3, 0.4) is 0 Å². The zero-order valence-corrected chi connectivity index (χ0v) is 23.0. The normalized spacial score (nSPS) is 11.2. The van der Waals surface area contributed by atoms with E-state index >= 15 is 0 Å². The van der Waals surface area contributed by atoms with Crippen molar-refractivity contribution in [3.63, 3.8) is 0 Å². The highest BCUT2D eigenvalue weighted by molar-refractivity contribution is 9.10. The van der Waals surface area contributed by atoms with Crippen molar-refractivity contribution in [3.8, 4) is 17.6 Å². The molecular weight excluding hydrogens is 588 g/mol. The molecule has 4 rings (SSSR count). The average Bonchev–Trinajstić information content (AvgIpc) is 2.87. The quantitative estimate of drug-likeness (QED) is 0.227. The fourth-order valence-electron chi connectivity index (χ4n) is 3.67. The number of ether oxygens (including phenoxy) is 2. The number of hydrogen-bond acceptors (Lipinski definition) is 6. The van der Waals surface area contributed by atoms with Crippen LogP contribution in [0.4, 0.5) is 0 Å². The fraction of sp³-hybridized carbons (Fsp3) is 0.185. The van der Waals surface area contributed by atoms with Crippen LogP contribution in [-0.4, -0.2) is 23.0 Å². The minimum absolute atomic E-state index is 0.0434. The Morgan fingerprint density at radius 3 is 2.64 bits per heavy atom. The summed E-state index contributed by atoms with van der Waals surface area (Å²) in [5, 5.41) is 14.4. The molecule has 0 saturated carbocycles. The van der Waals surface area contributed by atoms with Crippen LogP contribution in [-0.2, 0) is 6.61 Å². The molecule has 182 valence electrons. The number of halogens is 2. The van der Waals surface area contributed by atoms with E-state index in [9.17, 15) is 10.1 Å². The maximum Gasteiger partial charge on any atom is 0.282 e. The van der Waals surface area contributed by atoms with Gasteiger partial charge in [-0.3, -0.25) is 4.79 Å². The molecule has 0 N–H and O–H groups in total. The molecule has 1 heterocycles. The minimum atomic E-state index is -0.270. The number of methoxy groups -OCH3 is 1. The molecule has 1 aromatic heterocycles. The number of hydrogen-bond donors (Lipinski definition) is 0. The van der Waals surface area contributed by atoms with Crippen LogP contribution in [0.15, 0.2) is 73.4 Å². The van der Waals surface area contributed by atoms with Crippen molar-refractivity contribution in [2.45, 2.75) is 26.4 Å². The Morgan fingerprint density at radius 2 is 1.92 bits per heavy atom. The van der Waals surface area contributed by atoms with E-state index in [4.69, 9.17) is 14.5 Å². The Hall–Kier alpha value is -3.48. The highest BCUT2D eigenvalue weighted by Crippen LogP contribution is 2.35. The number of fused-ring (bicyclic) bond motifs is 1.